The highest BCUT2D eigenvalue weighted by Gasteiger charge is 2.20. The first-order chi connectivity index (χ1) is 7.49. The molecule has 1 unspecified atom stereocenters. The van der Waals surface area contributed by atoms with Crippen LogP contribution >= 0.6 is 11.3 Å². The first-order valence-corrected chi connectivity index (χ1v) is 7.35. The van der Waals surface area contributed by atoms with Gasteiger partial charge in [-0.15, -0.1) is 11.3 Å². The minimum atomic E-state index is -3.48. The zero-order valence-corrected chi connectivity index (χ0v) is 10.9. The summed E-state index contributed by atoms with van der Waals surface area (Å²) in [5.41, 5.74) is 0. The molecule has 0 saturated carbocycles. The van der Waals surface area contributed by atoms with Gasteiger partial charge in [0.25, 0.3) is 10.0 Å². The van der Waals surface area contributed by atoms with Crippen molar-refractivity contribution in [2.24, 2.45) is 0 Å². The average Bonchev–Trinajstić information content (AvgIpc) is 2.64. The van der Waals surface area contributed by atoms with E-state index in [-0.39, 0.29) is 16.9 Å². The van der Waals surface area contributed by atoms with Crippen LogP contribution in [-0.2, 0) is 10.0 Å². The summed E-state index contributed by atoms with van der Waals surface area (Å²) >= 11 is 1.14. The normalized spacial score (nSPS) is 13.9. The summed E-state index contributed by atoms with van der Waals surface area (Å²) < 4.78 is 26.5. The Bertz CT molecular complexity index is 428. The molecule has 1 rings (SSSR count). The Balaban J connectivity index is 2.78. The van der Waals surface area contributed by atoms with Gasteiger partial charge in [0.2, 0.25) is 0 Å². The Hall–Kier alpha value is -0.500. The number of aryl methyl sites for hydroxylation is 1. The molecule has 1 aromatic heterocycles. The fourth-order valence-corrected chi connectivity index (χ4v) is 3.72. The third-order valence-corrected chi connectivity index (χ3v) is 5.05. The van der Waals surface area contributed by atoms with Crippen LogP contribution in [0, 0.1) is 6.92 Å². The van der Waals surface area contributed by atoms with Gasteiger partial charge < -0.3 is 5.11 Å². The molecule has 0 amide bonds. The maximum Gasteiger partial charge on any atom is 0.251 e. The number of hydrogen-bond acceptors (Lipinski definition) is 5. The van der Waals surface area contributed by atoms with E-state index >= 15 is 0 Å². The molecule has 16 heavy (non-hydrogen) atoms. The molecule has 92 valence electrons. The van der Waals surface area contributed by atoms with Crippen LogP contribution in [0.1, 0.15) is 24.8 Å². The van der Waals surface area contributed by atoms with E-state index in [0.29, 0.717) is 12.8 Å². The smallest absolute Gasteiger partial charge is 0.251 e. The maximum atomic E-state index is 11.9. The number of nitrogens with one attached hydrogen (secondary N) is 1. The van der Waals surface area contributed by atoms with E-state index in [4.69, 9.17) is 5.11 Å². The van der Waals surface area contributed by atoms with Crippen molar-refractivity contribution in [3.63, 3.8) is 0 Å². The molecule has 0 aromatic carbocycles. The standard InChI is InChI=1S/C9H16N2O3S2/c1-3-8(4-5-12)11-16(13,14)9-6-10-7(2)15-9/h6,8,11-12H,3-5H2,1-2H3. The third-order valence-electron chi connectivity index (χ3n) is 2.16. The Morgan fingerprint density at radius 1 is 1.62 bits per heavy atom. The van der Waals surface area contributed by atoms with Crippen molar-refractivity contribution in [2.45, 2.75) is 36.9 Å². The summed E-state index contributed by atoms with van der Waals surface area (Å²) in [6, 6.07) is -0.225. The van der Waals surface area contributed by atoms with Gasteiger partial charge in [0, 0.05) is 12.6 Å². The molecule has 5 nitrogen and oxygen atoms in total. The van der Waals surface area contributed by atoms with E-state index in [0.717, 1.165) is 16.3 Å². The number of sulfonamides is 1. The van der Waals surface area contributed by atoms with E-state index in [2.05, 4.69) is 9.71 Å². The highest BCUT2D eigenvalue weighted by atomic mass is 32.2. The zero-order chi connectivity index (χ0) is 12.2. The molecular weight excluding hydrogens is 248 g/mol. The van der Waals surface area contributed by atoms with Crippen LogP contribution in [-0.4, -0.2) is 31.2 Å². The lowest BCUT2D eigenvalue weighted by atomic mass is 10.2. The largest absolute Gasteiger partial charge is 0.396 e. The molecule has 0 radical (unpaired) electrons. The van der Waals surface area contributed by atoms with E-state index in [1.54, 1.807) is 6.92 Å². The van der Waals surface area contributed by atoms with Crippen LogP contribution in [0.4, 0.5) is 0 Å². The molecule has 0 spiro atoms. The number of thiazole rings is 1. The highest BCUT2D eigenvalue weighted by Crippen LogP contribution is 2.18. The SMILES string of the molecule is CCC(CCO)NS(=O)(=O)c1cnc(C)s1. The molecule has 1 heterocycles. The monoisotopic (exact) mass is 264 g/mol. The topological polar surface area (TPSA) is 79.3 Å². The summed E-state index contributed by atoms with van der Waals surface area (Å²) in [6.45, 7) is 3.61. The van der Waals surface area contributed by atoms with E-state index in [1.807, 2.05) is 6.92 Å². The molecule has 2 N–H and O–H groups in total. The number of hydrogen-bond donors (Lipinski definition) is 2. The summed E-state index contributed by atoms with van der Waals surface area (Å²) in [4.78, 5) is 3.91. The predicted octanol–water partition coefficient (Wildman–Crippen LogP) is 0.891. The fraction of sp³-hybridized carbons (Fsp3) is 0.667. The Kier molecular flexibility index (Phi) is 4.85. The number of aromatic nitrogens is 1. The Morgan fingerprint density at radius 3 is 2.75 bits per heavy atom. The van der Waals surface area contributed by atoms with Crippen molar-refractivity contribution in [3.05, 3.63) is 11.2 Å². The number of aliphatic hydroxyl groups excluding tert-OH is 1. The molecule has 0 fully saturated rings. The molecule has 0 aliphatic rings. The van der Waals surface area contributed by atoms with Crippen molar-refractivity contribution in [1.29, 1.82) is 0 Å². The van der Waals surface area contributed by atoms with Gasteiger partial charge in [-0.25, -0.2) is 18.1 Å². The van der Waals surface area contributed by atoms with E-state index in [1.165, 1.54) is 6.20 Å². The molecule has 0 aliphatic carbocycles. The second-order valence-corrected chi connectivity index (χ2v) is 6.61. The number of rotatable bonds is 6. The van der Waals surface area contributed by atoms with Gasteiger partial charge in [-0.1, -0.05) is 6.92 Å². The zero-order valence-electron chi connectivity index (χ0n) is 9.30. The second kappa shape index (κ2) is 5.72. The summed E-state index contributed by atoms with van der Waals surface area (Å²) in [5.74, 6) is 0. The molecule has 0 aliphatic heterocycles. The van der Waals surface area contributed by atoms with Gasteiger partial charge in [-0.3, -0.25) is 0 Å². The van der Waals surface area contributed by atoms with Crippen LogP contribution in [0.3, 0.4) is 0 Å². The molecule has 0 saturated heterocycles. The minimum Gasteiger partial charge on any atom is -0.396 e. The Labute approximate surface area is 99.6 Å². The van der Waals surface area contributed by atoms with E-state index < -0.39 is 10.0 Å². The van der Waals surface area contributed by atoms with Gasteiger partial charge >= 0.3 is 0 Å². The van der Waals surface area contributed by atoms with Gasteiger partial charge in [0.05, 0.1) is 11.2 Å². The van der Waals surface area contributed by atoms with Crippen molar-refractivity contribution in [2.75, 3.05) is 6.61 Å². The maximum absolute atomic E-state index is 11.9. The third kappa shape index (κ3) is 3.51. The van der Waals surface area contributed by atoms with Crippen LogP contribution in [0.5, 0.6) is 0 Å². The molecule has 1 atom stereocenters. The number of nitrogens with zero attached hydrogens (tertiary/aromatic N) is 1. The van der Waals surface area contributed by atoms with Crippen molar-refractivity contribution < 1.29 is 13.5 Å². The summed E-state index contributed by atoms with van der Waals surface area (Å²) in [5, 5.41) is 9.51. The van der Waals surface area contributed by atoms with Crippen molar-refractivity contribution in [3.8, 4) is 0 Å². The average molecular weight is 264 g/mol. The molecule has 0 bridgehead atoms. The first-order valence-electron chi connectivity index (χ1n) is 5.05. The van der Waals surface area contributed by atoms with Crippen LogP contribution in [0.2, 0.25) is 0 Å². The van der Waals surface area contributed by atoms with E-state index in [9.17, 15) is 8.42 Å². The van der Waals surface area contributed by atoms with Crippen LogP contribution in [0.25, 0.3) is 0 Å². The predicted molar refractivity (Wildman–Crippen MR) is 63.0 cm³/mol. The molecule has 1 aromatic rings. The van der Waals surface area contributed by atoms with Crippen molar-refractivity contribution in [1.82, 2.24) is 9.71 Å². The fourth-order valence-electron chi connectivity index (χ4n) is 1.25. The molecular formula is C9H16N2O3S2. The lowest BCUT2D eigenvalue weighted by Crippen LogP contribution is -2.34. The summed E-state index contributed by atoms with van der Waals surface area (Å²) in [6.07, 6.45) is 2.43. The first kappa shape index (κ1) is 13.6. The Morgan fingerprint density at radius 2 is 2.31 bits per heavy atom. The lowest BCUT2D eigenvalue weighted by molar-refractivity contribution is 0.270. The van der Waals surface area contributed by atoms with Gasteiger partial charge in [0.1, 0.15) is 0 Å². The van der Waals surface area contributed by atoms with Crippen LogP contribution in [0.15, 0.2) is 10.4 Å². The summed E-state index contributed by atoms with van der Waals surface area (Å²) in [7, 11) is -3.48. The van der Waals surface area contributed by atoms with Gasteiger partial charge in [-0.05, 0) is 19.8 Å². The molecule has 7 heteroatoms. The quantitative estimate of drug-likeness (QED) is 0.800. The van der Waals surface area contributed by atoms with Crippen molar-refractivity contribution >= 4 is 21.4 Å². The highest BCUT2D eigenvalue weighted by molar-refractivity contribution is 7.91. The number of aliphatic hydroxyl groups is 1. The van der Waals surface area contributed by atoms with Crippen LogP contribution < -0.4 is 4.72 Å². The minimum absolute atomic E-state index is 0.0251. The van der Waals surface area contributed by atoms with Gasteiger partial charge in [0.15, 0.2) is 4.21 Å². The van der Waals surface area contributed by atoms with Gasteiger partial charge in [-0.2, -0.15) is 0 Å². The second-order valence-electron chi connectivity index (χ2n) is 3.44. The lowest BCUT2D eigenvalue weighted by Gasteiger charge is -2.14.